The molecule has 1 rings (SSSR count). The van der Waals surface area contributed by atoms with E-state index in [0.717, 1.165) is 5.56 Å². The van der Waals surface area contributed by atoms with Gasteiger partial charge in [0.05, 0.1) is 6.04 Å². The number of amides is 1. The first kappa shape index (κ1) is 16.2. The molecule has 1 atom stereocenters. The van der Waals surface area contributed by atoms with Crippen molar-refractivity contribution in [3.63, 3.8) is 0 Å². The number of nitrogens with zero attached hydrogens (tertiary/aromatic N) is 1. The molecule has 1 aromatic rings. The Labute approximate surface area is 119 Å². The van der Waals surface area contributed by atoms with Crippen molar-refractivity contribution < 1.29 is 14.7 Å². The third kappa shape index (κ3) is 5.84. The van der Waals surface area contributed by atoms with E-state index < -0.39 is 5.97 Å². The Morgan fingerprint density at radius 3 is 2.55 bits per heavy atom. The molecule has 20 heavy (non-hydrogen) atoms. The molecule has 0 saturated carbocycles. The predicted octanol–water partition coefficient (Wildman–Crippen LogP) is 1.49. The van der Waals surface area contributed by atoms with Gasteiger partial charge in [0.1, 0.15) is 0 Å². The van der Waals surface area contributed by atoms with Crippen molar-refractivity contribution in [2.45, 2.75) is 32.4 Å². The summed E-state index contributed by atoms with van der Waals surface area (Å²) in [5, 5.41) is 11.3. The summed E-state index contributed by atoms with van der Waals surface area (Å²) in [7, 11) is 1.90. The highest BCUT2D eigenvalue weighted by Gasteiger charge is 2.17. The summed E-state index contributed by atoms with van der Waals surface area (Å²) in [4.78, 5) is 24.2. The highest BCUT2D eigenvalue weighted by Crippen LogP contribution is 2.06. The Kier molecular flexibility index (Phi) is 6.73. The minimum absolute atomic E-state index is 0.0752. The number of carbonyl (C=O) groups is 2. The van der Waals surface area contributed by atoms with Gasteiger partial charge in [-0.05, 0) is 26.0 Å². The van der Waals surface area contributed by atoms with Crippen LogP contribution in [0.4, 0.5) is 0 Å². The molecule has 1 unspecified atom stereocenters. The van der Waals surface area contributed by atoms with Crippen LogP contribution in [-0.2, 0) is 16.1 Å². The van der Waals surface area contributed by atoms with Gasteiger partial charge in [0.2, 0.25) is 5.91 Å². The average molecular weight is 278 g/mol. The van der Waals surface area contributed by atoms with E-state index in [0.29, 0.717) is 19.5 Å². The van der Waals surface area contributed by atoms with Crippen LogP contribution in [0.1, 0.15) is 25.3 Å². The highest BCUT2D eigenvalue weighted by molar-refractivity contribution is 5.81. The second-order valence-electron chi connectivity index (χ2n) is 4.87. The fourth-order valence-corrected chi connectivity index (χ4v) is 1.81. The Hall–Kier alpha value is -1.88. The van der Waals surface area contributed by atoms with Gasteiger partial charge in [0.15, 0.2) is 0 Å². The molecule has 110 valence electrons. The normalized spacial score (nSPS) is 12.2. The summed E-state index contributed by atoms with van der Waals surface area (Å²) in [6, 6.07) is 9.70. The van der Waals surface area contributed by atoms with Crippen LogP contribution in [0.2, 0.25) is 0 Å². The predicted molar refractivity (Wildman–Crippen MR) is 77.3 cm³/mol. The third-order valence-electron chi connectivity index (χ3n) is 3.18. The largest absolute Gasteiger partial charge is 0.481 e. The van der Waals surface area contributed by atoms with E-state index in [1.54, 1.807) is 0 Å². The van der Waals surface area contributed by atoms with Crippen LogP contribution >= 0.6 is 0 Å². The number of hydrogen-bond donors (Lipinski definition) is 2. The highest BCUT2D eigenvalue weighted by atomic mass is 16.4. The molecule has 1 aromatic carbocycles. The molecular weight excluding hydrogens is 256 g/mol. The Bertz CT molecular complexity index is 434. The molecule has 0 aliphatic heterocycles. The SMILES string of the molecule is CC(C(=O)NCCCC(=O)O)N(C)Cc1ccccc1. The topological polar surface area (TPSA) is 69.6 Å². The first-order chi connectivity index (χ1) is 9.50. The number of benzene rings is 1. The maximum Gasteiger partial charge on any atom is 0.303 e. The Balaban J connectivity index is 2.34. The Morgan fingerprint density at radius 2 is 1.95 bits per heavy atom. The summed E-state index contributed by atoms with van der Waals surface area (Å²) in [5.41, 5.74) is 1.15. The minimum atomic E-state index is -0.839. The molecule has 0 aliphatic rings. The summed E-state index contributed by atoms with van der Waals surface area (Å²) < 4.78 is 0. The fraction of sp³-hybridized carbons (Fsp3) is 0.467. The van der Waals surface area contributed by atoms with Gasteiger partial charge >= 0.3 is 5.97 Å². The first-order valence-corrected chi connectivity index (χ1v) is 6.74. The van der Waals surface area contributed by atoms with Crippen LogP contribution in [0.3, 0.4) is 0 Å². The van der Waals surface area contributed by atoms with Crippen molar-refractivity contribution in [3.8, 4) is 0 Å². The summed E-state index contributed by atoms with van der Waals surface area (Å²) in [5.74, 6) is -0.915. The third-order valence-corrected chi connectivity index (χ3v) is 3.18. The lowest BCUT2D eigenvalue weighted by atomic mass is 10.2. The molecule has 1 amide bonds. The van der Waals surface area contributed by atoms with Crippen molar-refractivity contribution in [3.05, 3.63) is 35.9 Å². The van der Waals surface area contributed by atoms with E-state index in [4.69, 9.17) is 5.11 Å². The maximum atomic E-state index is 11.9. The van der Waals surface area contributed by atoms with E-state index in [2.05, 4.69) is 5.32 Å². The quantitative estimate of drug-likeness (QED) is 0.707. The van der Waals surface area contributed by atoms with E-state index >= 15 is 0 Å². The van der Waals surface area contributed by atoms with Crippen LogP contribution in [0.15, 0.2) is 30.3 Å². The van der Waals surface area contributed by atoms with Gasteiger partial charge in [0, 0.05) is 19.5 Å². The zero-order valence-corrected chi connectivity index (χ0v) is 12.0. The van der Waals surface area contributed by atoms with Crippen molar-refractivity contribution >= 4 is 11.9 Å². The van der Waals surface area contributed by atoms with Gasteiger partial charge < -0.3 is 10.4 Å². The molecule has 0 aliphatic carbocycles. The number of carbonyl (C=O) groups excluding carboxylic acids is 1. The van der Waals surface area contributed by atoms with Crippen molar-refractivity contribution in [1.29, 1.82) is 0 Å². The van der Waals surface area contributed by atoms with E-state index in [-0.39, 0.29) is 18.4 Å². The van der Waals surface area contributed by atoms with Crippen molar-refractivity contribution in [2.24, 2.45) is 0 Å². The second kappa shape index (κ2) is 8.32. The zero-order chi connectivity index (χ0) is 15.0. The maximum absolute atomic E-state index is 11.9. The number of rotatable bonds is 8. The minimum Gasteiger partial charge on any atom is -0.481 e. The van der Waals surface area contributed by atoms with Gasteiger partial charge in [-0.3, -0.25) is 14.5 Å². The van der Waals surface area contributed by atoms with Gasteiger partial charge in [-0.25, -0.2) is 0 Å². The first-order valence-electron chi connectivity index (χ1n) is 6.74. The molecule has 2 N–H and O–H groups in total. The fourth-order valence-electron chi connectivity index (χ4n) is 1.81. The molecule has 0 bridgehead atoms. The molecule has 5 heteroatoms. The van der Waals surface area contributed by atoms with Gasteiger partial charge in [0.25, 0.3) is 0 Å². The van der Waals surface area contributed by atoms with Crippen molar-refractivity contribution in [1.82, 2.24) is 10.2 Å². The molecule has 5 nitrogen and oxygen atoms in total. The molecule has 0 saturated heterocycles. The number of carboxylic acids is 1. The Morgan fingerprint density at radius 1 is 1.30 bits per heavy atom. The number of nitrogens with one attached hydrogen (secondary N) is 1. The van der Waals surface area contributed by atoms with Gasteiger partial charge in [-0.1, -0.05) is 30.3 Å². The number of likely N-dealkylation sites (N-methyl/N-ethyl adjacent to an activating group) is 1. The second-order valence-corrected chi connectivity index (χ2v) is 4.87. The standard InChI is InChI=1S/C15H22N2O3/c1-12(15(20)16-10-6-9-14(18)19)17(2)11-13-7-4-3-5-8-13/h3-5,7-8,12H,6,9-11H2,1-2H3,(H,16,20)(H,18,19). The lowest BCUT2D eigenvalue weighted by Gasteiger charge is -2.23. The van der Waals surface area contributed by atoms with Gasteiger partial charge in [-0.2, -0.15) is 0 Å². The molecule has 0 aromatic heterocycles. The molecule has 0 fully saturated rings. The van der Waals surface area contributed by atoms with E-state index in [1.165, 1.54) is 0 Å². The lowest BCUT2D eigenvalue weighted by molar-refractivity contribution is -0.137. The van der Waals surface area contributed by atoms with E-state index in [1.807, 2.05) is 49.2 Å². The van der Waals surface area contributed by atoms with Crippen LogP contribution in [0.25, 0.3) is 0 Å². The molecule has 0 radical (unpaired) electrons. The average Bonchev–Trinajstić information content (AvgIpc) is 2.43. The van der Waals surface area contributed by atoms with Crippen LogP contribution in [0, 0.1) is 0 Å². The number of aliphatic carboxylic acids is 1. The summed E-state index contributed by atoms with van der Waals surface area (Å²) >= 11 is 0. The lowest BCUT2D eigenvalue weighted by Crippen LogP contribution is -2.43. The monoisotopic (exact) mass is 278 g/mol. The zero-order valence-electron chi connectivity index (χ0n) is 12.0. The molecular formula is C15H22N2O3. The van der Waals surface area contributed by atoms with Crippen LogP contribution in [0.5, 0.6) is 0 Å². The number of hydrogen-bond acceptors (Lipinski definition) is 3. The molecule has 0 spiro atoms. The molecule has 0 heterocycles. The van der Waals surface area contributed by atoms with E-state index in [9.17, 15) is 9.59 Å². The summed E-state index contributed by atoms with van der Waals surface area (Å²) in [6.45, 7) is 2.94. The van der Waals surface area contributed by atoms with Crippen LogP contribution in [-0.4, -0.2) is 41.5 Å². The van der Waals surface area contributed by atoms with Crippen molar-refractivity contribution in [2.75, 3.05) is 13.6 Å². The van der Waals surface area contributed by atoms with Gasteiger partial charge in [-0.15, -0.1) is 0 Å². The van der Waals surface area contributed by atoms with Crippen LogP contribution < -0.4 is 5.32 Å². The smallest absolute Gasteiger partial charge is 0.303 e. The number of carboxylic acid groups (broad SMARTS) is 1. The summed E-state index contributed by atoms with van der Waals surface area (Å²) in [6.07, 6.45) is 0.532.